The first-order valence-electron chi connectivity index (χ1n) is 21.7. The quantitative estimate of drug-likeness (QED) is 0.0241. The molecule has 0 aromatic heterocycles. The molecule has 39 nitrogen and oxygen atoms in total. The van der Waals surface area contributed by atoms with Crippen LogP contribution in [0.3, 0.4) is 0 Å². The Morgan fingerprint density at radius 1 is 0.360 bits per heavy atom. The summed E-state index contributed by atoms with van der Waals surface area (Å²) in [4.78, 5) is -8.12. The molecule has 0 radical (unpaired) electrons. The predicted octanol–water partition coefficient (Wildman–Crippen LogP) is 4.37. The van der Waals surface area contributed by atoms with Gasteiger partial charge in [0.05, 0.1) is 68.3 Å². The number of benzene rings is 6. The highest BCUT2D eigenvalue weighted by Gasteiger charge is 2.31. The number of anilines is 3. The summed E-state index contributed by atoms with van der Waals surface area (Å²) in [5, 5.41) is 38.9. The zero-order valence-electron chi connectivity index (χ0n) is 41.6. The molecule has 0 heterocycles. The molecular weight excluding hydrogens is 1350 g/mol. The lowest BCUT2D eigenvalue weighted by Gasteiger charge is -2.14. The van der Waals surface area contributed by atoms with Crippen molar-refractivity contribution in [2.24, 2.45) is 40.9 Å². The van der Waals surface area contributed by atoms with Crippen LogP contribution in [0.2, 0.25) is 0 Å². The lowest BCUT2D eigenvalue weighted by Crippen LogP contribution is -2.15. The zero-order valence-corrected chi connectivity index (χ0v) is 48.9. The fourth-order valence-electron chi connectivity index (χ4n) is 6.88. The molecule has 464 valence electrons. The van der Waals surface area contributed by atoms with Crippen molar-refractivity contribution in [3.63, 3.8) is 0 Å². The van der Waals surface area contributed by atoms with E-state index in [0.717, 1.165) is 48.5 Å². The SMILES string of the molecule is Nc1c(N=Nc2cc(N=Nc3c(S(=O)(=O)O)cc4cc(S(=O)(=O)O)c(N=Nc5ccc(S(=O)(=O)CCOS(=O)(=O)O)cc5)c(N)c4c3O)c(S(=O)(=O)O)cc2S(=O)(=O)O)cc(S(=O)(=O)O)c(N)c1N=Nc1ccc(S(=O)(=O)CCOS(=O)(=O)O)cc1. The van der Waals surface area contributed by atoms with Crippen LogP contribution >= 0.6 is 0 Å². The second-order valence-corrected chi connectivity index (χ2v) is 29.8. The average Bonchev–Trinajstić information content (AvgIpc) is 0.801. The maximum Gasteiger partial charge on any atom is 0.397 e. The fraction of sp³-hybridized carbons (Fsp3) is 0.105. The highest BCUT2D eigenvalue weighted by Crippen LogP contribution is 2.49. The van der Waals surface area contributed by atoms with Crippen molar-refractivity contribution >= 4 is 164 Å². The van der Waals surface area contributed by atoms with E-state index in [2.05, 4.69) is 49.3 Å². The summed E-state index contributed by atoms with van der Waals surface area (Å²) in [7, 11) is -46.7. The van der Waals surface area contributed by atoms with E-state index >= 15 is 0 Å². The molecule has 6 aromatic rings. The lowest BCUT2D eigenvalue weighted by molar-refractivity contribution is 0.282. The van der Waals surface area contributed by atoms with Crippen LogP contribution in [-0.2, 0) is 99.4 Å². The molecule has 48 heteroatoms. The van der Waals surface area contributed by atoms with Gasteiger partial charge in [-0.25, -0.2) is 25.2 Å². The summed E-state index contributed by atoms with van der Waals surface area (Å²) in [6.45, 7) is -1.98. The molecule has 6 rings (SSSR count). The Morgan fingerprint density at radius 3 is 1.12 bits per heavy atom. The number of hydrogen-bond donors (Lipinski definition) is 11. The van der Waals surface area contributed by atoms with Crippen LogP contribution in [0.15, 0.2) is 154 Å². The van der Waals surface area contributed by atoms with Crippen molar-refractivity contribution < 1.29 is 121 Å². The first-order valence-corrected chi connectivity index (χ1v) is 34.9. The van der Waals surface area contributed by atoms with Crippen LogP contribution in [0, 0.1) is 0 Å². The summed E-state index contributed by atoms with van der Waals surface area (Å²) in [6, 6.07) is 8.99. The van der Waals surface area contributed by atoms with Crippen LogP contribution < -0.4 is 17.2 Å². The van der Waals surface area contributed by atoms with Crippen molar-refractivity contribution in [2.45, 2.75) is 34.3 Å². The number of hydrogen-bond acceptors (Lipinski definition) is 32. The first-order chi connectivity index (χ1) is 39.2. The van der Waals surface area contributed by atoms with E-state index in [9.17, 15) is 104 Å². The van der Waals surface area contributed by atoms with E-state index in [1.54, 1.807) is 0 Å². The van der Waals surface area contributed by atoms with Gasteiger partial charge in [0.15, 0.2) is 25.4 Å². The summed E-state index contributed by atoms with van der Waals surface area (Å²) < 4.78 is 296. The maximum absolute atomic E-state index is 12.8. The highest BCUT2D eigenvalue weighted by atomic mass is 32.3. The van der Waals surface area contributed by atoms with E-state index in [4.69, 9.17) is 26.3 Å². The van der Waals surface area contributed by atoms with E-state index in [0.29, 0.717) is 18.2 Å². The van der Waals surface area contributed by atoms with Gasteiger partial charge in [-0.05, 0) is 84.2 Å². The molecule has 0 unspecified atom stereocenters. The monoisotopic (exact) mass is 1380 g/mol. The Balaban J connectivity index is 1.48. The van der Waals surface area contributed by atoms with E-state index in [1.165, 1.54) is 0 Å². The third kappa shape index (κ3) is 16.5. The molecule has 6 aromatic carbocycles. The zero-order chi connectivity index (χ0) is 64.7. The van der Waals surface area contributed by atoms with Crippen LogP contribution in [0.4, 0.5) is 62.6 Å². The molecule has 0 atom stereocenters. The Bertz CT molecular complexity index is 5010. The number of nitrogen functional groups attached to an aromatic ring is 3. The molecule has 0 amide bonds. The molecular formula is C38H35N11O28S9. The standard InChI is InChI=1S/C38H35N11O28S9/c39-32-25(16-28(82(61,62)63)33(40)37(32)49-43-20-3-7-22(8-4-20)79(53,54)12-10-77-86(73,74)75)46-44-23-15-24(27(81(58,59)60)17-26(23)80(55,56)57)45-48-36-30(84(67,68)69)14-18-13-29(83(64,65)66)35(34(41)31(18)38(36)50)47-42-19-1-5-21(6-2-19)78(51,52)11-9-76-85(70,71)72/h1-8,13-17,50H,9-12,39-41H2,(H,55,56,57)(H,58,59,60)(H,61,62,63)(H,64,65,66)(H,67,68,69)(H,70,71,72)(H,73,74,75). The van der Waals surface area contributed by atoms with Gasteiger partial charge in [0.1, 0.15) is 58.6 Å². The molecule has 0 aliphatic rings. The van der Waals surface area contributed by atoms with E-state index < -0.39 is 218 Å². The van der Waals surface area contributed by atoms with Crippen molar-refractivity contribution in [1.29, 1.82) is 0 Å². The predicted molar refractivity (Wildman–Crippen MR) is 290 cm³/mol. The topological polar surface area (TPSA) is 665 Å². The normalized spacial score (nSPS) is 13.7. The minimum absolute atomic E-state index is 0.0436. The molecule has 14 N–H and O–H groups in total. The molecule has 0 saturated heterocycles. The number of nitrogens with zero attached hydrogens (tertiary/aromatic N) is 8. The Labute approximate surface area is 484 Å². The molecule has 0 aliphatic carbocycles. The van der Waals surface area contributed by atoms with E-state index in [-0.39, 0.29) is 23.5 Å². The number of fused-ring (bicyclic) bond motifs is 1. The number of sulfone groups is 2. The van der Waals surface area contributed by atoms with Crippen molar-refractivity contribution in [3.8, 4) is 5.75 Å². The van der Waals surface area contributed by atoms with Crippen molar-refractivity contribution in [3.05, 3.63) is 78.9 Å². The second kappa shape index (κ2) is 24.3. The first kappa shape index (κ1) is 67.5. The third-order valence-electron chi connectivity index (χ3n) is 10.7. The third-order valence-corrected chi connectivity index (χ3v) is 19.4. The molecule has 0 saturated carbocycles. The van der Waals surface area contributed by atoms with Crippen LogP contribution in [0.5, 0.6) is 5.75 Å². The van der Waals surface area contributed by atoms with Gasteiger partial charge in [-0.2, -0.15) is 69.2 Å². The largest absolute Gasteiger partial charge is 0.505 e. The fourth-order valence-corrected chi connectivity index (χ4v) is 13.2. The lowest BCUT2D eigenvalue weighted by atomic mass is 10.1. The van der Waals surface area contributed by atoms with Gasteiger partial charge < -0.3 is 22.3 Å². The van der Waals surface area contributed by atoms with Gasteiger partial charge in [-0.1, -0.05) is 0 Å². The summed E-state index contributed by atoms with van der Waals surface area (Å²) >= 11 is 0. The van der Waals surface area contributed by atoms with Gasteiger partial charge in [-0.3, -0.25) is 31.9 Å². The number of phenols is 1. The smallest absolute Gasteiger partial charge is 0.397 e. The minimum Gasteiger partial charge on any atom is -0.505 e. The number of aromatic hydroxyl groups is 1. The average molecular weight is 1380 g/mol. The Kier molecular flexibility index (Phi) is 19.0. The second-order valence-electron chi connectivity index (χ2n) is 16.5. The van der Waals surface area contributed by atoms with Gasteiger partial charge in [0.25, 0.3) is 50.6 Å². The van der Waals surface area contributed by atoms with Crippen LogP contribution in [0.1, 0.15) is 0 Å². The van der Waals surface area contributed by atoms with Gasteiger partial charge in [0.2, 0.25) is 0 Å². The van der Waals surface area contributed by atoms with E-state index in [1.807, 2.05) is 0 Å². The molecule has 0 aliphatic heterocycles. The number of nitrogens with two attached hydrogens (primary N) is 3. The Hall–Kier alpha value is -7.63. The molecule has 0 bridgehead atoms. The summed E-state index contributed by atoms with van der Waals surface area (Å²) in [6.07, 6.45) is 0. The summed E-state index contributed by atoms with van der Waals surface area (Å²) in [5.41, 5.74) is 8.16. The van der Waals surface area contributed by atoms with Crippen molar-refractivity contribution in [2.75, 3.05) is 41.9 Å². The number of rotatable bonds is 23. The maximum atomic E-state index is 12.8. The van der Waals surface area contributed by atoms with Gasteiger partial charge in [-0.15, -0.1) is 30.7 Å². The Morgan fingerprint density at radius 2 is 0.721 bits per heavy atom. The van der Waals surface area contributed by atoms with Crippen LogP contribution in [0.25, 0.3) is 10.8 Å². The molecule has 86 heavy (non-hydrogen) atoms. The minimum atomic E-state index is -5.79. The molecule has 0 fully saturated rings. The highest BCUT2D eigenvalue weighted by molar-refractivity contribution is 7.92. The van der Waals surface area contributed by atoms with Crippen molar-refractivity contribution in [1.82, 2.24) is 0 Å². The molecule has 0 spiro atoms. The number of azo groups is 4. The van der Waals surface area contributed by atoms with Crippen LogP contribution in [-0.4, -0.2) is 137 Å². The van der Waals surface area contributed by atoms with Gasteiger partial charge >= 0.3 is 20.8 Å². The summed E-state index contributed by atoms with van der Waals surface area (Å²) in [5.74, 6) is -3.40. The van der Waals surface area contributed by atoms with Gasteiger partial charge in [0, 0.05) is 0 Å². The number of phenolic OH excluding ortho intramolecular Hbond substituents is 1.